The summed E-state index contributed by atoms with van der Waals surface area (Å²) in [5.74, 6) is -0.307. The van der Waals surface area contributed by atoms with E-state index in [-0.39, 0.29) is 5.97 Å². The van der Waals surface area contributed by atoms with Crippen LogP contribution in [0.2, 0.25) is 10.0 Å². The Labute approximate surface area is 127 Å². The Morgan fingerprint density at radius 1 is 1.00 bits per heavy atom. The third-order valence-electron chi connectivity index (χ3n) is 3.36. The van der Waals surface area contributed by atoms with Crippen molar-refractivity contribution in [1.82, 2.24) is 0 Å². The van der Waals surface area contributed by atoms with Crippen molar-refractivity contribution in [2.75, 3.05) is 0 Å². The summed E-state index contributed by atoms with van der Waals surface area (Å²) in [4.78, 5) is 12.2. The summed E-state index contributed by atoms with van der Waals surface area (Å²) in [7, 11) is 0. The number of esters is 1. The van der Waals surface area contributed by atoms with Crippen LogP contribution in [0.4, 0.5) is 0 Å². The van der Waals surface area contributed by atoms with Gasteiger partial charge in [0.1, 0.15) is 5.92 Å². The zero-order valence-corrected chi connectivity index (χ0v) is 12.5. The number of ether oxygens (including phenoxy) is 1. The molecular formula is C16H12Cl2O2. The fourth-order valence-electron chi connectivity index (χ4n) is 2.61. The quantitative estimate of drug-likeness (QED) is 0.566. The van der Waals surface area contributed by atoms with E-state index < -0.39 is 5.92 Å². The van der Waals surface area contributed by atoms with E-state index in [1.165, 1.54) is 0 Å². The molecule has 4 heteroatoms. The van der Waals surface area contributed by atoms with E-state index in [4.69, 9.17) is 27.9 Å². The van der Waals surface area contributed by atoms with Crippen LogP contribution in [0.5, 0.6) is 5.75 Å². The van der Waals surface area contributed by atoms with Gasteiger partial charge in [-0.3, -0.25) is 4.79 Å². The molecule has 0 aliphatic carbocycles. The van der Waals surface area contributed by atoms with Gasteiger partial charge in [0.05, 0.1) is 5.02 Å². The second-order valence-corrected chi connectivity index (χ2v) is 5.92. The Balaban J connectivity index is 2.19. The fraction of sp³-hybridized carbons (Fsp3) is 0.188. The smallest absolute Gasteiger partial charge is 0.323 e. The average molecular weight is 307 g/mol. The number of carbonyl (C=O) groups excluding carboxylic acids is 1. The molecule has 0 saturated heterocycles. The van der Waals surface area contributed by atoms with Gasteiger partial charge in [0.2, 0.25) is 0 Å². The Kier molecular flexibility index (Phi) is 3.23. The van der Waals surface area contributed by atoms with Crippen molar-refractivity contribution >= 4 is 29.2 Å². The lowest BCUT2D eigenvalue weighted by molar-refractivity contribution is -0.133. The lowest BCUT2D eigenvalue weighted by atomic mass is 9.91. The summed E-state index contributed by atoms with van der Waals surface area (Å²) in [6, 6.07) is 9.33. The maximum Gasteiger partial charge on any atom is 0.323 e. The van der Waals surface area contributed by atoms with E-state index >= 15 is 0 Å². The molecule has 0 aromatic heterocycles. The molecule has 0 spiro atoms. The van der Waals surface area contributed by atoms with Crippen LogP contribution in [0.15, 0.2) is 30.3 Å². The van der Waals surface area contributed by atoms with Crippen molar-refractivity contribution in [2.45, 2.75) is 19.8 Å². The van der Waals surface area contributed by atoms with Gasteiger partial charge in [0.15, 0.2) is 5.75 Å². The van der Waals surface area contributed by atoms with Crippen molar-refractivity contribution in [3.8, 4) is 5.75 Å². The monoisotopic (exact) mass is 306 g/mol. The summed E-state index contributed by atoms with van der Waals surface area (Å²) in [5.41, 5.74) is 3.64. The SMILES string of the molecule is Cc1cc(Cl)cc(C2C(=O)Oc3c(Cl)cc(C)cc32)c1. The normalized spacial score (nSPS) is 17.0. The van der Waals surface area contributed by atoms with Crippen molar-refractivity contribution in [3.05, 3.63) is 62.6 Å². The largest absolute Gasteiger partial charge is 0.424 e. The number of fused-ring (bicyclic) bond motifs is 1. The van der Waals surface area contributed by atoms with E-state index in [2.05, 4.69) is 0 Å². The fourth-order valence-corrected chi connectivity index (χ4v) is 3.23. The molecule has 0 fully saturated rings. The second-order valence-electron chi connectivity index (χ2n) is 5.08. The minimum absolute atomic E-state index is 0.311. The number of aryl methyl sites for hydroxylation is 2. The number of benzene rings is 2. The van der Waals surface area contributed by atoms with Crippen LogP contribution in [0.1, 0.15) is 28.2 Å². The number of hydrogen-bond donors (Lipinski definition) is 0. The van der Waals surface area contributed by atoms with Crippen LogP contribution in [-0.2, 0) is 4.79 Å². The Hall–Kier alpha value is -1.51. The van der Waals surface area contributed by atoms with Crippen LogP contribution >= 0.6 is 23.2 Å². The first-order valence-corrected chi connectivity index (χ1v) is 7.00. The first-order valence-electron chi connectivity index (χ1n) is 6.24. The molecule has 3 rings (SSSR count). The van der Waals surface area contributed by atoms with Gasteiger partial charge in [-0.15, -0.1) is 0 Å². The average Bonchev–Trinajstić information content (AvgIpc) is 2.64. The molecule has 0 N–H and O–H groups in total. The van der Waals surface area contributed by atoms with E-state index in [9.17, 15) is 4.79 Å². The molecule has 2 nitrogen and oxygen atoms in total. The standard InChI is InChI=1S/C16H12Cl2O2/c1-8-3-10(7-11(17)4-8)14-12-5-9(2)6-13(18)15(12)20-16(14)19/h3-7,14H,1-2H3. The third kappa shape index (κ3) is 2.19. The Morgan fingerprint density at radius 2 is 1.70 bits per heavy atom. The van der Waals surface area contributed by atoms with Gasteiger partial charge in [0, 0.05) is 10.6 Å². The topological polar surface area (TPSA) is 26.3 Å². The molecule has 0 bridgehead atoms. The summed E-state index contributed by atoms with van der Waals surface area (Å²) < 4.78 is 5.33. The zero-order valence-electron chi connectivity index (χ0n) is 11.0. The van der Waals surface area contributed by atoms with E-state index in [1.807, 2.05) is 32.0 Å². The second kappa shape index (κ2) is 4.80. The van der Waals surface area contributed by atoms with Gasteiger partial charge >= 0.3 is 5.97 Å². The molecule has 102 valence electrons. The summed E-state index contributed by atoms with van der Waals surface area (Å²) in [6.45, 7) is 3.88. The first-order chi connectivity index (χ1) is 9.45. The lowest BCUT2D eigenvalue weighted by Gasteiger charge is -2.10. The molecule has 20 heavy (non-hydrogen) atoms. The molecule has 0 amide bonds. The first kappa shape index (κ1) is 13.5. The van der Waals surface area contributed by atoms with E-state index in [1.54, 1.807) is 12.1 Å². The molecule has 1 unspecified atom stereocenters. The molecule has 1 heterocycles. The van der Waals surface area contributed by atoms with E-state index in [0.29, 0.717) is 15.8 Å². The van der Waals surface area contributed by atoms with Crippen LogP contribution in [-0.4, -0.2) is 5.97 Å². The molecule has 0 saturated carbocycles. The summed E-state index contributed by atoms with van der Waals surface area (Å²) in [5, 5.41) is 1.08. The molecule has 1 aliphatic rings. The van der Waals surface area contributed by atoms with Crippen LogP contribution in [0.25, 0.3) is 0 Å². The van der Waals surface area contributed by atoms with Gasteiger partial charge in [-0.05, 0) is 48.7 Å². The van der Waals surface area contributed by atoms with Crippen molar-refractivity contribution in [2.24, 2.45) is 0 Å². The number of carbonyl (C=O) groups is 1. The predicted molar refractivity (Wildman–Crippen MR) is 79.9 cm³/mol. The summed E-state index contributed by atoms with van der Waals surface area (Å²) >= 11 is 12.2. The predicted octanol–water partition coefficient (Wildman–Crippen LogP) is 4.66. The number of rotatable bonds is 1. The maximum atomic E-state index is 12.2. The molecule has 1 atom stereocenters. The van der Waals surface area contributed by atoms with Gasteiger partial charge in [-0.1, -0.05) is 35.3 Å². The van der Waals surface area contributed by atoms with Crippen LogP contribution < -0.4 is 4.74 Å². The van der Waals surface area contributed by atoms with Gasteiger partial charge in [0.25, 0.3) is 0 Å². The molecule has 1 aliphatic heterocycles. The molecule has 2 aromatic carbocycles. The highest BCUT2D eigenvalue weighted by Crippen LogP contribution is 2.44. The van der Waals surface area contributed by atoms with Crippen molar-refractivity contribution in [3.63, 3.8) is 0 Å². The van der Waals surface area contributed by atoms with Crippen molar-refractivity contribution in [1.29, 1.82) is 0 Å². The highest BCUT2D eigenvalue weighted by Gasteiger charge is 2.36. The lowest BCUT2D eigenvalue weighted by Crippen LogP contribution is -2.11. The molecule has 0 radical (unpaired) electrons. The number of hydrogen-bond acceptors (Lipinski definition) is 2. The highest BCUT2D eigenvalue weighted by atomic mass is 35.5. The highest BCUT2D eigenvalue weighted by molar-refractivity contribution is 6.32. The van der Waals surface area contributed by atoms with Gasteiger partial charge in [-0.25, -0.2) is 0 Å². The zero-order chi connectivity index (χ0) is 14.4. The minimum atomic E-state index is -0.459. The van der Waals surface area contributed by atoms with Gasteiger partial charge in [-0.2, -0.15) is 0 Å². The summed E-state index contributed by atoms with van der Waals surface area (Å²) in [6.07, 6.45) is 0. The van der Waals surface area contributed by atoms with Crippen LogP contribution in [0.3, 0.4) is 0 Å². The molecular weight excluding hydrogens is 295 g/mol. The molecule has 2 aromatic rings. The minimum Gasteiger partial charge on any atom is -0.424 e. The van der Waals surface area contributed by atoms with E-state index in [0.717, 1.165) is 22.3 Å². The van der Waals surface area contributed by atoms with Gasteiger partial charge < -0.3 is 4.74 Å². The maximum absolute atomic E-state index is 12.2. The third-order valence-corrected chi connectivity index (χ3v) is 3.86. The van der Waals surface area contributed by atoms with Crippen molar-refractivity contribution < 1.29 is 9.53 Å². The Bertz CT molecular complexity index is 702. The Morgan fingerprint density at radius 3 is 2.40 bits per heavy atom. The number of halogens is 2. The van der Waals surface area contributed by atoms with Crippen LogP contribution in [0, 0.1) is 13.8 Å².